The Labute approximate surface area is 112 Å². The van der Waals surface area contributed by atoms with E-state index in [0.29, 0.717) is 19.5 Å². The lowest BCUT2D eigenvalue weighted by Gasteiger charge is -2.43. The van der Waals surface area contributed by atoms with E-state index in [4.69, 9.17) is 0 Å². The highest BCUT2D eigenvalue weighted by atomic mass is 16.2. The Morgan fingerprint density at radius 3 is 2.74 bits per heavy atom. The first-order chi connectivity index (χ1) is 8.98. The largest absolute Gasteiger partial charge is 0.340 e. The Balaban J connectivity index is 2.11. The van der Waals surface area contributed by atoms with Crippen molar-refractivity contribution >= 4 is 11.8 Å². The standard InChI is InChI=1S/C13H20N4O2/c1-4-13(3)12(19)17(10(2)11(18)15-13)9-8-16-7-5-6-14-16/h5-7,10H,4,8-9H2,1-3H3,(H,15,18). The van der Waals surface area contributed by atoms with Crippen molar-refractivity contribution in [3.8, 4) is 0 Å². The quantitative estimate of drug-likeness (QED) is 0.856. The molecule has 1 aliphatic rings. The highest BCUT2D eigenvalue weighted by molar-refractivity contribution is 5.99. The maximum absolute atomic E-state index is 12.5. The predicted octanol–water partition coefficient (Wildman–Crippen LogP) is 0.399. The first-order valence-electron chi connectivity index (χ1n) is 6.58. The van der Waals surface area contributed by atoms with Gasteiger partial charge in [-0.25, -0.2) is 0 Å². The summed E-state index contributed by atoms with van der Waals surface area (Å²) in [6.45, 7) is 6.52. The second-order valence-electron chi connectivity index (χ2n) is 5.12. The Morgan fingerprint density at radius 1 is 1.42 bits per heavy atom. The van der Waals surface area contributed by atoms with Crippen molar-refractivity contribution in [1.29, 1.82) is 0 Å². The van der Waals surface area contributed by atoms with Crippen molar-refractivity contribution in [1.82, 2.24) is 20.0 Å². The molecule has 0 radical (unpaired) electrons. The Bertz CT molecular complexity index is 471. The molecule has 1 N–H and O–H groups in total. The number of carbonyl (C=O) groups excluding carboxylic acids is 2. The zero-order valence-electron chi connectivity index (χ0n) is 11.6. The highest BCUT2D eigenvalue weighted by Gasteiger charge is 2.44. The second kappa shape index (κ2) is 5.03. The molecule has 2 atom stereocenters. The molecule has 0 bridgehead atoms. The predicted molar refractivity (Wildman–Crippen MR) is 70.2 cm³/mol. The van der Waals surface area contributed by atoms with Gasteiger partial charge in [-0.3, -0.25) is 14.3 Å². The third kappa shape index (κ3) is 2.47. The van der Waals surface area contributed by atoms with Gasteiger partial charge in [0.05, 0.1) is 6.54 Å². The normalized spacial score (nSPS) is 27.5. The van der Waals surface area contributed by atoms with Crippen LogP contribution in [0.5, 0.6) is 0 Å². The van der Waals surface area contributed by atoms with Gasteiger partial charge in [0, 0.05) is 18.9 Å². The molecule has 0 aromatic carbocycles. The van der Waals surface area contributed by atoms with Crippen LogP contribution in [0.2, 0.25) is 0 Å². The van der Waals surface area contributed by atoms with Gasteiger partial charge >= 0.3 is 0 Å². The number of aromatic nitrogens is 2. The molecule has 104 valence electrons. The Hall–Kier alpha value is -1.85. The van der Waals surface area contributed by atoms with E-state index in [0.717, 1.165) is 0 Å². The number of hydrogen-bond donors (Lipinski definition) is 1. The number of amides is 2. The minimum Gasteiger partial charge on any atom is -0.340 e. The van der Waals surface area contributed by atoms with Crippen molar-refractivity contribution in [2.24, 2.45) is 0 Å². The van der Waals surface area contributed by atoms with Gasteiger partial charge in [-0.1, -0.05) is 6.92 Å². The molecule has 1 saturated heterocycles. The number of piperazine rings is 1. The van der Waals surface area contributed by atoms with Gasteiger partial charge in [-0.15, -0.1) is 0 Å². The number of nitrogens with one attached hydrogen (secondary N) is 1. The average molecular weight is 264 g/mol. The van der Waals surface area contributed by atoms with E-state index in [9.17, 15) is 9.59 Å². The zero-order chi connectivity index (χ0) is 14.0. The summed E-state index contributed by atoms with van der Waals surface area (Å²) in [6.07, 6.45) is 4.13. The summed E-state index contributed by atoms with van der Waals surface area (Å²) in [5, 5.41) is 6.92. The van der Waals surface area contributed by atoms with E-state index >= 15 is 0 Å². The minimum absolute atomic E-state index is 0.0192. The summed E-state index contributed by atoms with van der Waals surface area (Å²) in [7, 11) is 0. The lowest BCUT2D eigenvalue weighted by atomic mass is 9.92. The van der Waals surface area contributed by atoms with E-state index < -0.39 is 11.6 Å². The van der Waals surface area contributed by atoms with Gasteiger partial charge in [0.15, 0.2) is 0 Å². The first kappa shape index (κ1) is 13.6. The molecular weight excluding hydrogens is 244 g/mol. The fourth-order valence-electron chi connectivity index (χ4n) is 2.24. The summed E-state index contributed by atoms with van der Waals surface area (Å²) in [5.41, 5.74) is -0.784. The number of hydrogen-bond acceptors (Lipinski definition) is 3. The lowest BCUT2D eigenvalue weighted by molar-refractivity contribution is -0.153. The van der Waals surface area contributed by atoms with E-state index in [1.165, 1.54) is 0 Å². The maximum Gasteiger partial charge on any atom is 0.248 e. The van der Waals surface area contributed by atoms with Crippen molar-refractivity contribution in [3.05, 3.63) is 18.5 Å². The van der Waals surface area contributed by atoms with Crippen LogP contribution < -0.4 is 5.32 Å². The maximum atomic E-state index is 12.5. The molecule has 1 fully saturated rings. The van der Waals surface area contributed by atoms with Crippen LogP contribution in [0.3, 0.4) is 0 Å². The molecule has 2 heterocycles. The topological polar surface area (TPSA) is 67.2 Å². The fourth-order valence-corrected chi connectivity index (χ4v) is 2.24. The van der Waals surface area contributed by atoms with E-state index in [2.05, 4.69) is 10.4 Å². The van der Waals surface area contributed by atoms with Crippen LogP contribution in [0.25, 0.3) is 0 Å². The van der Waals surface area contributed by atoms with Gasteiger partial charge < -0.3 is 10.2 Å². The third-order valence-electron chi connectivity index (χ3n) is 3.82. The summed E-state index contributed by atoms with van der Waals surface area (Å²) < 4.78 is 1.76. The number of carbonyl (C=O) groups is 2. The van der Waals surface area contributed by atoms with Crippen LogP contribution in [-0.4, -0.2) is 44.6 Å². The molecule has 19 heavy (non-hydrogen) atoms. The monoisotopic (exact) mass is 264 g/mol. The van der Waals surface area contributed by atoms with Crippen LogP contribution in [0, 0.1) is 0 Å². The molecule has 1 aromatic rings. The summed E-state index contributed by atoms with van der Waals surface area (Å²) in [6, 6.07) is 1.41. The van der Waals surface area contributed by atoms with Crippen molar-refractivity contribution in [2.45, 2.75) is 45.3 Å². The van der Waals surface area contributed by atoms with Crippen molar-refractivity contribution < 1.29 is 9.59 Å². The summed E-state index contributed by atoms with van der Waals surface area (Å²) in [4.78, 5) is 26.1. The average Bonchev–Trinajstić information content (AvgIpc) is 2.90. The molecular formula is C13H20N4O2. The molecule has 6 nitrogen and oxygen atoms in total. The Morgan fingerprint density at radius 2 is 2.16 bits per heavy atom. The molecule has 6 heteroatoms. The van der Waals surface area contributed by atoms with Crippen LogP contribution >= 0.6 is 0 Å². The van der Waals surface area contributed by atoms with E-state index in [1.807, 2.05) is 19.2 Å². The van der Waals surface area contributed by atoms with E-state index in [1.54, 1.807) is 29.6 Å². The van der Waals surface area contributed by atoms with Crippen LogP contribution in [0.1, 0.15) is 27.2 Å². The van der Waals surface area contributed by atoms with Gasteiger partial charge in [-0.05, 0) is 26.3 Å². The molecule has 1 aliphatic heterocycles. The number of rotatable bonds is 4. The number of nitrogens with zero attached hydrogens (tertiary/aromatic N) is 3. The van der Waals surface area contributed by atoms with Gasteiger partial charge in [0.2, 0.25) is 11.8 Å². The van der Waals surface area contributed by atoms with Crippen molar-refractivity contribution in [3.63, 3.8) is 0 Å². The summed E-state index contributed by atoms with van der Waals surface area (Å²) >= 11 is 0. The minimum atomic E-state index is -0.784. The molecule has 2 rings (SSSR count). The third-order valence-corrected chi connectivity index (χ3v) is 3.82. The molecule has 2 unspecified atom stereocenters. The van der Waals surface area contributed by atoms with Crippen molar-refractivity contribution in [2.75, 3.05) is 6.54 Å². The lowest BCUT2D eigenvalue weighted by Crippen LogP contribution is -2.68. The smallest absolute Gasteiger partial charge is 0.248 e. The molecule has 0 aliphatic carbocycles. The van der Waals surface area contributed by atoms with Crippen LogP contribution in [-0.2, 0) is 16.1 Å². The summed E-state index contributed by atoms with van der Waals surface area (Å²) in [5.74, 6) is -0.112. The van der Waals surface area contributed by atoms with Gasteiger partial charge in [0.1, 0.15) is 11.6 Å². The fraction of sp³-hybridized carbons (Fsp3) is 0.615. The second-order valence-corrected chi connectivity index (χ2v) is 5.12. The molecule has 0 spiro atoms. The van der Waals surface area contributed by atoms with Gasteiger partial charge in [0.25, 0.3) is 0 Å². The molecule has 1 aromatic heterocycles. The van der Waals surface area contributed by atoms with Crippen LogP contribution in [0.15, 0.2) is 18.5 Å². The molecule has 0 saturated carbocycles. The highest BCUT2D eigenvalue weighted by Crippen LogP contribution is 2.21. The van der Waals surface area contributed by atoms with Gasteiger partial charge in [-0.2, -0.15) is 5.10 Å². The molecule has 2 amide bonds. The Kier molecular flexibility index (Phi) is 3.59. The SMILES string of the molecule is CCC1(C)NC(=O)C(C)N(CCn2cccn2)C1=O. The van der Waals surface area contributed by atoms with E-state index in [-0.39, 0.29) is 11.8 Å². The first-order valence-corrected chi connectivity index (χ1v) is 6.58. The zero-order valence-corrected chi connectivity index (χ0v) is 11.6. The van der Waals surface area contributed by atoms with Crippen LogP contribution in [0.4, 0.5) is 0 Å².